The number of carbonyl (C=O) groups excluding carboxylic acids is 1. The van der Waals surface area contributed by atoms with Crippen molar-refractivity contribution in [2.45, 2.75) is 64.3 Å². The van der Waals surface area contributed by atoms with E-state index in [1.165, 1.54) is 5.57 Å². The summed E-state index contributed by atoms with van der Waals surface area (Å²) in [7, 11) is -4.71. The minimum absolute atomic E-state index is 0.144. The summed E-state index contributed by atoms with van der Waals surface area (Å²) in [6.45, 7) is -2.35. The van der Waals surface area contributed by atoms with E-state index in [1.54, 1.807) is 6.08 Å². The van der Waals surface area contributed by atoms with Crippen molar-refractivity contribution >= 4 is 16.2 Å². The summed E-state index contributed by atoms with van der Waals surface area (Å²) in [5, 5.41) is 0. The third-order valence-electron chi connectivity index (χ3n) is 6.98. The Labute approximate surface area is 148 Å². The molecule has 24 heavy (non-hydrogen) atoms. The molecule has 4 rings (SSSR count). The van der Waals surface area contributed by atoms with E-state index in [-0.39, 0.29) is 17.6 Å². The predicted octanol–water partition coefficient (Wildman–Crippen LogP) is 3.32. The molecular formula is C18H26O5S. The molecule has 1 N–H and O–H groups in total. The quantitative estimate of drug-likeness (QED) is 0.767. The van der Waals surface area contributed by atoms with Crippen molar-refractivity contribution in [1.29, 1.82) is 0 Å². The first-order valence-electron chi connectivity index (χ1n) is 10.4. The monoisotopic (exact) mass is 357 g/mol. The van der Waals surface area contributed by atoms with Crippen LogP contribution in [0.25, 0.3) is 0 Å². The van der Waals surface area contributed by atoms with Gasteiger partial charge in [0.15, 0.2) is 5.78 Å². The van der Waals surface area contributed by atoms with E-state index >= 15 is 0 Å². The minimum atomic E-state index is -4.71. The molecule has 0 aromatic heterocycles. The molecule has 6 heteroatoms. The summed E-state index contributed by atoms with van der Waals surface area (Å²) < 4.78 is 61.4. The Morgan fingerprint density at radius 3 is 2.79 bits per heavy atom. The summed E-state index contributed by atoms with van der Waals surface area (Å²) in [4.78, 5) is 11.8. The zero-order chi connectivity index (χ0) is 19.6. The smallest absolute Gasteiger partial charge is 0.295 e. The molecule has 0 amide bonds. The van der Waals surface area contributed by atoms with Crippen LogP contribution in [0.2, 0.25) is 0 Å². The third-order valence-corrected chi connectivity index (χ3v) is 7.46. The van der Waals surface area contributed by atoms with Gasteiger partial charge in [0.2, 0.25) is 0 Å². The summed E-state index contributed by atoms with van der Waals surface area (Å²) in [5.74, 6) is 0.940. The summed E-state index contributed by atoms with van der Waals surface area (Å²) in [6, 6.07) is 0. The molecule has 6 atom stereocenters. The largest absolute Gasteiger partial charge is 0.397 e. The van der Waals surface area contributed by atoms with Gasteiger partial charge in [-0.15, -0.1) is 0 Å². The minimum Gasteiger partial charge on any atom is -0.295 e. The van der Waals surface area contributed by atoms with E-state index in [1.807, 2.05) is 0 Å². The molecule has 4 aliphatic carbocycles. The normalized spacial score (nSPS) is 47.5. The van der Waals surface area contributed by atoms with Crippen molar-refractivity contribution in [1.82, 2.24) is 0 Å². The lowest BCUT2D eigenvalue weighted by Gasteiger charge is -2.53. The van der Waals surface area contributed by atoms with Gasteiger partial charge >= 0.3 is 10.4 Å². The first-order chi connectivity index (χ1) is 12.5. The van der Waals surface area contributed by atoms with Crippen LogP contribution >= 0.6 is 0 Å². The number of fused-ring (bicyclic) bond motifs is 5. The van der Waals surface area contributed by atoms with Gasteiger partial charge in [-0.3, -0.25) is 9.35 Å². The highest BCUT2D eigenvalue weighted by molar-refractivity contribution is 7.80. The Kier molecular flexibility index (Phi) is 3.17. The lowest BCUT2D eigenvalue weighted by Crippen LogP contribution is -2.48. The van der Waals surface area contributed by atoms with E-state index in [9.17, 15) is 17.8 Å². The molecule has 0 bridgehead atoms. The average molecular weight is 357 g/mol. The standard InChI is InChI=1S/C18H26O5S/c1-18-9-8-14-13-5-3-12(19)10-11(13)2-4-15(14)16(18)6-7-17(18)23-24(20,21)22/h10,13-17H,2-9H2,1H3,(H,20,21,22)/t13-,14+,15+,16-,17-,18-/m0/s1/i1D3. The number of hydrogen-bond donors (Lipinski definition) is 1. The fourth-order valence-corrected chi connectivity index (χ4v) is 6.65. The van der Waals surface area contributed by atoms with Crippen molar-refractivity contribution in [3.05, 3.63) is 11.6 Å². The third kappa shape index (κ3) is 2.67. The van der Waals surface area contributed by atoms with Gasteiger partial charge in [-0.25, -0.2) is 4.18 Å². The molecule has 3 fully saturated rings. The van der Waals surface area contributed by atoms with E-state index in [4.69, 9.17) is 8.30 Å². The van der Waals surface area contributed by atoms with Crippen molar-refractivity contribution in [3.63, 3.8) is 0 Å². The van der Waals surface area contributed by atoms with Gasteiger partial charge in [0.25, 0.3) is 0 Å². The van der Waals surface area contributed by atoms with Crippen molar-refractivity contribution < 1.29 is 26.1 Å². The van der Waals surface area contributed by atoms with Crippen molar-refractivity contribution in [3.8, 4) is 0 Å². The van der Waals surface area contributed by atoms with Crippen LogP contribution in [-0.4, -0.2) is 24.9 Å². The highest BCUT2D eigenvalue weighted by Crippen LogP contribution is 2.62. The van der Waals surface area contributed by atoms with Crippen LogP contribution in [0.1, 0.15) is 62.3 Å². The molecule has 5 nitrogen and oxygen atoms in total. The Morgan fingerprint density at radius 2 is 2.04 bits per heavy atom. The predicted molar refractivity (Wildman–Crippen MR) is 88.5 cm³/mol. The van der Waals surface area contributed by atoms with Crippen molar-refractivity contribution in [2.75, 3.05) is 0 Å². The number of carbonyl (C=O) groups is 1. The Balaban J connectivity index is 1.68. The molecule has 134 valence electrons. The Hall–Kier alpha value is -0.720. The second kappa shape index (κ2) is 5.64. The molecule has 0 spiro atoms. The molecule has 0 heterocycles. The number of ketones is 1. The number of allylic oxidation sites excluding steroid dienone is 1. The summed E-state index contributed by atoms with van der Waals surface area (Å²) in [5.41, 5.74) is -0.00650. The number of rotatable bonds is 2. The van der Waals surface area contributed by atoms with Crippen LogP contribution in [0, 0.1) is 29.1 Å². The van der Waals surface area contributed by atoms with Gasteiger partial charge in [0.05, 0.1) is 6.10 Å². The maximum Gasteiger partial charge on any atom is 0.397 e. The zero-order valence-corrected chi connectivity index (χ0v) is 14.4. The van der Waals surface area contributed by atoms with Crippen LogP contribution in [0.4, 0.5) is 0 Å². The highest BCUT2D eigenvalue weighted by atomic mass is 32.3. The van der Waals surface area contributed by atoms with Crippen molar-refractivity contribution in [2.24, 2.45) is 29.1 Å². The topological polar surface area (TPSA) is 80.7 Å². The highest BCUT2D eigenvalue weighted by Gasteiger charge is 2.57. The van der Waals surface area contributed by atoms with Gasteiger partial charge in [-0.2, -0.15) is 8.42 Å². The molecule has 0 unspecified atom stereocenters. The molecule has 3 saturated carbocycles. The molecule has 0 saturated heterocycles. The van der Waals surface area contributed by atoms with Gasteiger partial charge in [-0.05, 0) is 80.1 Å². The van der Waals surface area contributed by atoms with Crippen LogP contribution in [-0.2, 0) is 19.4 Å². The number of hydrogen-bond acceptors (Lipinski definition) is 4. The lowest BCUT2D eigenvalue weighted by molar-refractivity contribution is -0.116. The molecule has 0 aliphatic heterocycles. The first kappa shape index (κ1) is 13.5. The molecule has 0 aromatic rings. The second-order valence-corrected chi connectivity index (χ2v) is 9.02. The first-order valence-corrected chi connectivity index (χ1v) is 10.3. The SMILES string of the molecule is [2H]C([2H])([2H])[C@]12CC[C@H]3[C@@H](CCC4=CC(=O)CC[C@@H]43)[C@@H]1CC[C@@H]2OS(=O)(=O)O. The maximum atomic E-state index is 11.8. The lowest BCUT2D eigenvalue weighted by atomic mass is 9.52. The van der Waals surface area contributed by atoms with Crippen LogP contribution < -0.4 is 0 Å². The van der Waals surface area contributed by atoms with Crippen LogP contribution in [0.5, 0.6) is 0 Å². The van der Waals surface area contributed by atoms with E-state index in [0.717, 1.165) is 19.3 Å². The summed E-state index contributed by atoms with van der Waals surface area (Å²) >= 11 is 0. The van der Waals surface area contributed by atoms with Gasteiger partial charge in [-0.1, -0.05) is 12.4 Å². The summed E-state index contributed by atoms with van der Waals surface area (Å²) in [6.07, 6.45) is 5.84. The van der Waals surface area contributed by atoms with E-state index < -0.39 is 28.8 Å². The van der Waals surface area contributed by atoms with Gasteiger partial charge in [0.1, 0.15) is 0 Å². The van der Waals surface area contributed by atoms with E-state index in [0.29, 0.717) is 43.9 Å². The van der Waals surface area contributed by atoms with Crippen LogP contribution in [0.3, 0.4) is 0 Å². The molecular weight excluding hydrogens is 328 g/mol. The molecule has 0 aromatic carbocycles. The average Bonchev–Trinajstić information content (AvgIpc) is 2.92. The molecule has 0 radical (unpaired) electrons. The fourth-order valence-electron chi connectivity index (χ4n) is 6.09. The fraction of sp³-hybridized carbons (Fsp3) is 0.833. The van der Waals surface area contributed by atoms with E-state index in [2.05, 4.69) is 0 Å². The van der Waals surface area contributed by atoms with Gasteiger partial charge in [0, 0.05) is 10.5 Å². The van der Waals surface area contributed by atoms with Crippen LogP contribution in [0.15, 0.2) is 11.6 Å². The maximum absolute atomic E-state index is 11.8. The zero-order valence-electron chi connectivity index (χ0n) is 16.6. The Bertz CT molecular complexity index is 774. The van der Waals surface area contributed by atoms with Gasteiger partial charge < -0.3 is 0 Å². The molecule has 4 aliphatic rings. The second-order valence-electron chi connectivity index (χ2n) is 7.97. The Morgan fingerprint density at radius 1 is 1.21 bits per heavy atom.